The minimum atomic E-state index is -0.0293. The van der Waals surface area contributed by atoms with Gasteiger partial charge >= 0.3 is 0 Å². The second-order valence-electron chi connectivity index (χ2n) is 7.36. The molecular formula is C17H33NO2. The molecule has 3 heteroatoms. The Kier molecular flexibility index (Phi) is 7.57. The number of carbonyl (C=O) groups excluding carboxylic acids is 1. The van der Waals surface area contributed by atoms with Crippen LogP contribution in [0.2, 0.25) is 0 Å². The first kappa shape index (κ1) is 17.5. The molecule has 0 aromatic heterocycles. The lowest BCUT2D eigenvalue weighted by molar-refractivity contribution is -0.125. The molecule has 1 atom stereocenters. The van der Waals surface area contributed by atoms with Crippen molar-refractivity contribution < 1.29 is 9.90 Å². The van der Waals surface area contributed by atoms with Gasteiger partial charge in [-0.05, 0) is 30.6 Å². The van der Waals surface area contributed by atoms with Crippen LogP contribution in [0.15, 0.2) is 0 Å². The molecule has 1 saturated carbocycles. The minimum Gasteiger partial charge on any atom is -0.396 e. The first-order valence-electron chi connectivity index (χ1n) is 8.33. The molecule has 2 N–H and O–H groups in total. The highest BCUT2D eigenvalue weighted by atomic mass is 16.3. The zero-order valence-corrected chi connectivity index (χ0v) is 13.6. The van der Waals surface area contributed by atoms with E-state index < -0.39 is 0 Å². The van der Waals surface area contributed by atoms with Crippen molar-refractivity contribution in [3.8, 4) is 0 Å². The average Bonchev–Trinajstić information content (AvgIpc) is 2.44. The lowest BCUT2D eigenvalue weighted by atomic mass is 9.83. The van der Waals surface area contributed by atoms with Crippen LogP contribution in [-0.4, -0.2) is 24.2 Å². The zero-order valence-electron chi connectivity index (χ0n) is 13.6. The number of aliphatic hydroxyl groups excluding tert-OH is 1. The largest absolute Gasteiger partial charge is 0.396 e. The number of amides is 1. The Hall–Kier alpha value is -0.570. The second kappa shape index (κ2) is 8.66. The molecule has 0 spiro atoms. The van der Waals surface area contributed by atoms with Crippen LogP contribution >= 0.6 is 0 Å². The molecule has 1 fully saturated rings. The maximum atomic E-state index is 12.1. The van der Waals surface area contributed by atoms with Gasteiger partial charge in [-0.3, -0.25) is 4.79 Å². The van der Waals surface area contributed by atoms with E-state index in [9.17, 15) is 9.90 Å². The molecule has 20 heavy (non-hydrogen) atoms. The third-order valence-corrected chi connectivity index (χ3v) is 4.62. The zero-order chi connectivity index (χ0) is 15.0. The van der Waals surface area contributed by atoms with E-state index in [1.807, 2.05) is 0 Å². The summed E-state index contributed by atoms with van der Waals surface area (Å²) in [6, 6.07) is 0. The molecule has 1 amide bonds. The molecule has 0 bridgehead atoms. The van der Waals surface area contributed by atoms with Gasteiger partial charge in [0.2, 0.25) is 5.91 Å². The molecule has 0 aliphatic heterocycles. The summed E-state index contributed by atoms with van der Waals surface area (Å²) in [6.45, 7) is 7.11. The molecule has 1 unspecified atom stereocenters. The van der Waals surface area contributed by atoms with Crippen molar-refractivity contribution in [2.24, 2.45) is 17.3 Å². The number of aliphatic hydroxyl groups is 1. The van der Waals surface area contributed by atoms with Crippen LogP contribution in [0, 0.1) is 17.3 Å². The minimum absolute atomic E-state index is 0.0293. The topological polar surface area (TPSA) is 49.3 Å². The Morgan fingerprint density at radius 3 is 2.55 bits per heavy atom. The van der Waals surface area contributed by atoms with Crippen LogP contribution in [0.3, 0.4) is 0 Å². The predicted molar refractivity (Wildman–Crippen MR) is 83.5 cm³/mol. The van der Waals surface area contributed by atoms with Crippen molar-refractivity contribution in [2.75, 3.05) is 13.2 Å². The fourth-order valence-corrected chi connectivity index (χ4v) is 3.06. The van der Waals surface area contributed by atoms with Crippen molar-refractivity contribution >= 4 is 5.91 Å². The first-order chi connectivity index (χ1) is 9.44. The van der Waals surface area contributed by atoms with Crippen LogP contribution in [0.25, 0.3) is 0 Å². The highest BCUT2D eigenvalue weighted by Gasteiger charge is 2.21. The highest BCUT2D eigenvalue weighted by molar-refractivity contribution is 5.78. The van der Waals surface area contributed by atoms with Gasteiger partial charge in [-0.1, -0.05) is 52.9 Å². The molecule has 0 aromatic carbocycles. The quantitative estimate of drug-likeness (QED) is 0.670. The van der Waals surface area contributed by atoms with Crippen molar-refractivity contribution in [1.82, 2.24) is 5.32 Å². The van der Waals surface area contributed by atoms with E-state index in [-0.39, 0.29) is 23.8 Å². The molecule has 3 nitrogen and oxygen atoms in total. The van der Waals surface area contributed by atoms with E-state index in [0.717, 1.165) is 31.7 Å². The average molecular weight is 283 g/mol. The van der Waals surface area contributed by atoms with Gasteiger partial charge in [0, 0.05) is 19.1 Å². The SMILES string of the molecule is CC(CC1CCCCC1)C(=O)NCCCC(C)(C)CO. The Morgan fingerprint density at radius 1 is 1.30 bits per heavy atom. The van der Waals surface area contributed by atoms with Crippen LogP contribution in [0.5, 0.6) is 0 Å². The number of hydrogen-bond acceptors (Lipinski definition) is 2. The lowest BCUT2D eigenvalue weighted by Crippen LogP contribution is -2.32. The van der Waals surface area contributed by atoms with Gasteiger partial charge < -0.3 is 10.4 Å². The monoisotopic (exact) mass is 283 g/mol. The molecule has 0 radical (unpaired) electrons. The highest BCUT2D eigenvalue weighted by Crippen LogP contribution is 2.29. The molecule has 1 aliphatic rings. The summed E-state index contributed by atoms with van der Waals surface area (Å²) in [4.78, 5) is 12.1. The molecule has 0 saturated heterocycles. The van der Waals surface area contributed by atoms with E-state index in [1.54, 1.807) is 0 Å². The van der Waals surface area contributed by atoms with Crippen LogP contribution < -0.4 is 5.32 Å². The number of hydrogen-bond donors (Lipinski definition) is 2. The summed E-state index contributed by atoms with van der Waals surface area (Å²) in [7, 11) is 0. The third kappa shape index (κ3) is 6.74. The standard InChI is InChI=1S/C17H33NO2/c1-14(12-15-8-5-4-6-9-15)16(20)18-11-7-10-17(2,3)13-19/h14-15,19H,4-13H2,1-3H3,(H,18,20). The molecule has 0 heterocycles. The maximum absolute atomic E-state index is 12.1. The second-order valence-corrected chi connectivity index (χ2v) is 7.36. The molecular weight excluding hydrogens is 250 g/mol. The van der Waals surface area contributed by atoms with Crippen LogP contribution in [0.4, 0.5) is 0 Å². The molecule has 118 valence electrons. The van der Waals surface area contributed by atoms with Gasteiger partial charge in [0.1, 0.15) is 0 Å². The summed E-state index contributed by atoms with van der Waals surface area (Å²) in [6.07, 6.45) is 9.61. The number of carbonyl (C=O) groups is 1. The molecule has 1 rings (SSSR count). The van der Waals surface area contributed by atoms with E-state index in [0.29, 0.717) is 0 Å². The first-order valence-corrected chi connectivity index (χ1v) is 8.33. The van der Waals surface area contributed by atoms with E-state index in [2.05, 4.69) is 26.1 Å². The third-order valence-electron chi connectivity index (χ3n) is 4.62. The summed E-state index contributed by atoms with van der Waals surface area (Å²) >= 11 is 0. The van der Waals surface area contributed by atoms with Gasteiger partial charge in [0.15, 0.2) is 0 Å². The summed E-state index contributed by atoms with van der Waals surface area (Å²) < 4.78 is 0. The number of nitrogens with one attached hydrogen (secondary N) is 1. The normalized spacial score (nSPS) is 18.8. The van der Waals surface area contributed by atoms with Crippen molar-refractivity contribution in [2.45, 2.75) is 72.1 Å². The Labute approximate surface area is 124 Å². The van der Waals surface area contributed by atoms with Crippen molar-refractivity contribution in [3.05, 3.63) is 0 Å². The Bertz CT molecular complexity index is 283. The predicted octanol–water partition coefficient (Wildman–Crippen LogP) is 3.51. The van der Waals surface area contributed by atoms with Gasteiger partial charge in [0.25, 0.3) is 0 Å². The molecule has 0 aromatic rings. The number of rotatable bonds is 8. The summed E-state index contributed by atoms with van der Waals surface area (Å²) in [5, 5.41) is 12.2. The molecule has 1 aliphatic carbocycles. The van der Waals surface area contributed by atoms with Crippen molar-refractivity contribution in [3.63, 3.8) is 0 Å². The van der Waals surface area contributed by atoms with Gasteiger partial charge in [-0.2, -0.15) is 0 Å². The lowest BCUT2D eigenvalue weighted by Gasteiger charge is -2.24. The van der Waals surface area contributed by atoms with Gasteiger partial charge in [0.05, 0.1) is 0 Å². The fourth-order valence-electron chi connectivity index (χ4n) is 3.06. The maximum Gasteiger partial charge on any atom is 0.222 e. The summed E-state index contributed by atoms with van der Waals surface area (Å²) in [5.74, 6) is 1.11. The Balaban J connectivity index is 2.14. The van der Waals surface area contributed by atoms with Gasteiger partial charge in [-0.25, -0.2) is 0 Å². The van der Waals surface area contributed by atoms with Crippen LogP contribution in [-0.2, 0) is 4.79 Å². The fraction of sp³-hybridized carbons (Fsp3) is 0.941. The van der Waals surface area contributed by atoms with E-state index in [1.165, 1.54) is 32.1 Å². The Morgan fingerprint density at radius 2 is 1.95 bits per heavy atom. The summed E-state index contributed by atoms with van der Waals surface area (Å²) in [5.41, 5.74) is -0.0293. The van der Waals surface area contributed by atoms with E-state index in [4.69, 9.17) is 0 Å². The van der Waals surface area contributed by atoms with Gasteiger partial charge in [-0.15, -0.1) is 0 Å². The van der Waals surface area contributed by atoms with Crippen LogP contribution in [0.1, 0.15) is 72.1 Å². The van der Waals surface area contributed by atoms with Crippen molar-refractivity contribution in [1.29, 1.82) is 0 Å². The smallest absolute Gasteiger partial charge is 0.222 e. The van der Waals surface area contributed by atoms with E-state index >= 15 is 0 Å².